The highest BCUT2D eigenvalue weighted by molar-refractivity contribution is 14.1. The molecular weight excluding hydrogens is 315 g/mol. The van der Waals surface area contributed by atoms with Gasteiger partial charge in [-0.2, -0.15) is 0 Å². The van der Waals surface area contributed by atoms with Crippen LogP contribution < -0.4 is 0 Å². The zero-order chi connectivity index (χ0) is 11.6. The van der Waals surface area contributed by atoms with Gasteiger partial charge in [0.25, 0.3) is 0 Å². The molecular formula is C10H8BF3I-. The molecule has 0 unspecified atom stereocenters. The predicted octanol–water partition coefficient (Wildman–Crippen LogP) is 3.51. The highest BCUT2D eigenvalue weighted by Gasteiger charge is 2.24. The summed E-state index contributed by atoms with van der Waals surface area (Å²) in [6.45, 7) is -3.18. The summed E-state index contributed by atoms with van der Waals surface area (Å²) >= 11 is 1.97. The van der Waals surface area contributed by atoms with Crippen LogP contribution in [0, 0.1) is 22.8 Å². The minimum atomic E-state index is -4.81. The molecule has 1 aromatic rings. The van der Waals surface area contributed by atoms with E-state index in [9.17, 15) is 12.9 Å². The van der Waals surface area contributed by atoms with Crippen LogP contribution in [-0.4, -0.2) is 6.98 Å². The van der Waals surface area contributed by atoms with Crippen molar-refractivity contribution in [3.05, 3.63) is 32.4 Å². The van der Waals surface area contributed by atoms with E-state index in [1.807, 2.05) is 22.6 Å². The number of hydrogen-bond acceptors (Lipinski definition) is 0. The molecule has 5 heteroatoms. The summed E-state index contributed by atoms with van der Waals surface area (Å²) in [5.74, 6) is 2.40. The summed E-state index contributed by atoms with van der Waals surface area (Å²) in [6, 6.07) is 3.24. The molecule has 15 heavy (non-hydrogen) atoms. The molecule has 0 fully saturated rings. The Balaban J connectivity index is 3.20. The Hall–Kier alpha value is -0.635. The summed E-state index contributed by atoms with van der Waals surface area (Å²) in [5, 5.41) is 0. The van der Waals surface area contributed by atoms with E-state index in [0.717, 1.165) is 3.57 Å². The van der Waals surface area contributed by atoms with Gasteiger partial charge in [-0.1, -0.05) is 17.8 Å². The fourth-order valence-electron chi connectivity index (χ4n) is 1.35. The molecule has 0 saturated heterocycles. The van der Waals surface area contributed by atoms with Gasteiger partial charge in [0.15, 0.2) is 0 Å². The SMILES string of the molecule is C#Cc1cc(I)cc(C[B-](F)(F)F)c1C. The van der Waals surface area contributed by atoms with Crippen molar-refractivity contribution in [1.29, 1.82) is 0 Å². The standard InChI is InChI=1S/C10H8BF3I/c1-3-8-4-10(15)5-9(7(8)2)6-11(12,13)14/h1,4-5H,6H2,2H3/q-1. The first-order valence-corrected chi connectivity index (χ1v) is 5.38. The fourth-order valence-corrected chi connectivity index (χ4v) is 2.03. The lowest BCUT2D eigenvalue weighted by atomic mass is 9.79. The van der Waals surface area contributed by atoms with Crippen molar-refractivity contribution in [2.24, 2.45) is 0 Å². The Bertz CT molecular complexity index is 418. The van der Waals surface area contributed by atoms with Crippen LogP contribution in [0.4, 0.5) is 12.9 Å². The average Bonchev–Trinajstić information content (AvgIpc) is 2.08. The van der Waals surface area contributed by atoms with Gasteiger partial charge in [0, 0.05) is 9.13 Å². The molecule has 0 radical (unpaired) electrons. The van der Waals surface area contributed by atoms with Gasteiger partial charge in [0.2, 0.25) is 0 Å². The van der Waals surface area contributed by atoms with E-state index in [4.69, 9.17) is 6.42 Å². The second-order valence-corrected chi connectivity index (χ2v) is 4.54. The maximum Gasteiger partial charge on any atom is 0.482 e. The number of terminal acetylenes is 1. The minimum Gasteiger partial charge on any atom is -0.449 e. The zero-order valence-electron chi connectivity index (χ0n) is 8.03. The monoisotopic (exact) mass is 323 g/mol. The Morgan fingerprint density at radius 1 is 1.40 bits per heavy atom. The molecule has 0 aliphatic rings. The summed E-state index contributed by atoms with van der Waals surface area (Å²) < 4.78 is 37.6. The molecule has 0 N–H and O–H groups in total. The van der Waals surface area contributed by atoms with Crippen LogP contribution in [0.1, 0.15) is 16.7 Å². The first kappa shape index (κ1) is 12.4. The molecule has 1 rings (SSSR count). The number of benzene rings is 1. The van der Waals surface area contributed by atoms with Gasteiger partial charge < -0.3 is 12.9 Å². The van der Waals surface area contributed by atoms with Crippen molar-refractivity contribution < 1.29 is 12.9 Å². The molecule has 0 aliphatic carbocycles. The van der Waals surface area contributed by atoms with Gasteiger partial charge in [0.05, 0.1) is 0 Å². The van der Waals surface area contributed by atoms with E-state index < -0.39 is 13.3 Å². The van der Waals surface area contributed by atoms with Crippen LogP contribution in [0.2, 0.25) is 0 Å². The van der Waals surface area contributed by atoms with Crippen molar-refractivity contribution in [3.63, 3.8) is 0 Å². The summed E-state index contributed by atoms with van der Waals surface area (Å²) in [6.07, 6.45) is 4.36. The molecule has 0 amide bonds. The normalized spacial score (nSPS) is 11.2. The molecule has 1 aromatic carbocycles. The van der Waals surface area contributed by atoms with Crippen LogP contribution in [0.5, 0.6) is 0 Å². The largest absolute Gasteiger partial charge is 0.482 e. The van der Waals surface area contributed by atoms with Crippen molar-refractivity contribution >= 4 is 29.6 Å². The molecule has 0 heterocycles. The fraction of sp³-hybridized carbons (Fsp3) is 0.200. The Morgan fingerprint density at radius 3 is 2.47 bits per heavy atom. The van der Waals surface area contributed by atoms with Crippen molar-refractivity contribution in [2.45, 2.75) is 13.2 Å². The number of hydrogen-bond donors (Lipinski definition) is 0. The second kappa shape index (κ2) is 4.48. The summed E-state index contributed by atoms with van der Waals surface area (Å²) in [4.78, 5) is 0. The van der Waals surface area contributed by atoms with Gasteiger partial charge in [-0.15, -0.1) is 6.42 Å². The molecule has 0 atom stereocenters. The van der Waals surface area contributed by atoms with E-state index in [1.165, 1.54) is 6.07 Å². The molecule has 80 valence electrons. The number of halogens is 4. The van der Waals surface area contributed by atoms with E-state index in [-0.39, 0.29) is 5.56 Å². The first-order chi connectivity index (χ1) is 6.83. The van der Waals surface area contributed by atoms with E-state index >= 15 is 0 Å². The predicted molar refractivity (Wildman–Crippen MR) is 64.6 cm³/mol. The van der Waals surface area contributed by atoms with Gasteiger partial charge in [-0.05, 0) is 47.2 Å². The molecule has 0 nitrogen and oxygen atoms in total. The molecule has 0 aliphatic heterocycles. The smallest absolute Gasteiger partial charge is 0.449 e. The third-order valence-electron chi connectivity index (χ3n) is 2.09. The van der Waals surface area contributed by atoms with E-state index in [0.29, 0.717) is 11.1 Å². The quantitative estimate of drug-likeness (QED) is 0.444. The maximum atomic E-state index is 12.3. The maximum absolute atomic E-state index is 12.3. The van der Waals surface area contributed by atoms with Crippen LogP contribution in [-0.2, 0) is 6.32 Å². The molecule has 0 bridgehead atoms. The van der Waals surface area contributed by atoms with Gasteiger partial charge >= 0.3 is 6.98 Å². The highest BCUT2D eigenvalue weighted by atomic mass is 127. The summed E-state index contributed by atoms with van der Waals surface area (Å²) in [7, 11) is 0. The van der Waals surface area contributed by atoms with E-state index in [1.54, 1.807) is 13.0 Å². The lowest BCUT2D eigenvalue weighted by Crippen LogP contribution is -2.20. The highest BCUT2D eigenvalue weighted by Crippen LogP contribution is 2.23. The van der Waals surface area contributed by atoms with Crippen molar-refractivity contribution in [3.8, 4) is 12.3 Å². The average molecular weight is 323 g/mol. The van der Waals surface area contributed by atoms with Crippen LogP contribution >= 0.6 is 22.6 Å². The van der Waals surface area contributed by atoms with Gasteiger partial charge in [-0.3, -0.25) is 0 Å². The van der Waals surface area contributed by atoms with Crippen LogP contribution in [0.15, 0.2) is 12.1 Å². The van der Waals surface area contributed by atoms with Crippen LogP contribution in [0.25, 0.3) is 0 Å². The minimum absolute atomic E-state index is 0.280. The third kappa shape index (κ3) is 3.45. The van der Waals surface area contributed by atoms with Crippen molar-refractivity contribution in [2.75, 3.05) is 0 Å². The van der Waals surface area contributed by atoms with Gasteiger partial charge in [0.1, 0.15) is 0 Å². The zero-order valence-corrected chi connectivity index (χ0v) is 10.2. The topological polar surface area (TPSA) is 0 Å². The Morgan fingerprint density at radius 2 is 2.00 bits per heavy atom. The lowest BCUT2D eigenvalue weighted by Gasteiger charge is -2.16. The lowest BCUT2D eigenvalue weighted by molar-refractivity contribution is 0.468. The molecule has 0 spiro atoms. The van der Waals surface area contributed by atoms with E-state index in [2.05, 4.69) is 5.92 Å². The Labute approximate surface area is 100 Å². The number of rotatable bonds is 2. The van der Waals surface area contributed by atoms with Crippen LogP contribution in [0.3, 0.4) is 0 Å². The molecule has 0 saturated carbocycles. The molecule has 0 aromatic heterocycles. The first-order valence-electron chi connectivity index (χ1n) is 4.30. The summed E-state index contributed by atoms with van der Waals surface area (Å²) in [5.41, 5.74) is 1.37. The second-order valence-electron chi connectivity index (χ2n) is 3.30. The Kier molecular flexibility index (Phi) is 3.71. The third-order valence-corrected chi connectivity index (χ3v) is 2.71. The van der Waals surface area contributed by atoms with Crippen molar-refractivity contribution in [1.82, 2.24) is 0 Å². The van der Waals surface area contributed by atoms with Gasteiger partial charge in [-0.25, -0.2) is 0 Å².